The largest absolute Gasteiger partial charge is 0.494 e. The molecule has 1 heterocycles. The van der Waals surface area contributed by atoms with Gasteiger partial charge in [-0.15, -0.1) is 0 Å². The van der Waals surface area contributed by atoms with E-state index in [1.165, 1.54) is 0 Å². The van der Waals surface area contributed by atoms with Crippen molar-refractivity contribution in [3.8, 4) is 5.75 Å². The van der Waals surface area contributed by atoms with E-state index in [4.69, 9.17) is 9.31 Å². The number of nitrogens with one attached hydrogen (secondary N) is 1. The third-order valence-electron chi connectivity index (χ3n) is 5.99. The van der Waals surface area contributed by atoms with Crippen LogP contribution >= 0.6 is 0 Å². The maximum Gasteiger partial charge on any atom is 0.494 e. The Morgan fingerprint density at radius 2 is 1.56 bits per heavy atom. The topological polar surface area (TPSA) is 56.8 Å². The Balaban J connectivity index is 1.79. The van der Waals surface area contributed by atoms with Gasteiger partial charge in [0.05, 0.1) is 18.3 Å². The van der Waals surface area contributed by atoms with Gasteiger partial charge in [0.15, 0.2) is 17.4 Å². The van der Waals surface area contributed by atoms with Crippen LogP contribution in [0.3, 0.4) is 0 Å². The van der Waals surface area contributed by atoms with Crippen molar-refractivity contribution < 1.29 is 36.4 Å². The molecule has 5 nitrogen and oxygen atoms in total. The molecule has 0 aliphatic carbocycles. The molecule has 1 amide bonds. The number of methoxy groups -OCH3 is 1. The first-order chi connectivity index (χ1) is 14.8. The van der Waals surface area contributed by atoms with Gasteiger partial charge in [0.1, 0.15) is 5.56 Å². The fraction of sp³-hybridized carbons (Fsp3) is 0.409. The molecule has 0 bridgehead atoms. The second kappa shape index (κ2) is 8.40. The van der Waals surface area contributed by atoms with Crippen molar-refractivity contribution in [2.75, 3.05) is 7.11 Å². The number of carbonyl (C=O) groups is 1. The summed E-state index contributed by atoms with van der Waals surface area (Å²) < 4.78 is 71.7. The number of rotatable bonds is 5. The molecule has 1 N–H and O–H groups in total. The van der Waals surface area contributed by atoms with E-state index < -0.39 is 58.8 Å². The Morgan fingerprint density at radius 1 is 1.00 bits per heavy atom. The summed E-state index contributed by atoms with van der Waals surface area (Å²) in [5, 5.41) is 2.38. The van der Waals surface area contributed by atoms with Gasteiger partial charge in [-0.25, -0.2) is 13.2 Å². The zero-order valence-electron chi connectivity index (χ0n) is 18.7. The van der Waals surface area contributed by atoms with Crippen molar-refractivity contribution in [1.82, 2.24) is 5.32 Å². The van der Waals surface area contributed by atoms with Gasteiger partial charge < -0.3 is 19.4 Å². The van der Waals surface area contributed by atoms with Gasteiger partial charge in [0.2, 0.25) is 11.6 Å². The Hall–Kier alpha value is -2.59. The smallest absolute Gasteiger partial charge is 0.493 e. The molecular formula is C22H24BF4NO4. The van der Waals surface area contributed by atoms with E-state index in [1.54, 1.807) is 19.1 Å². The molecule has 0 atom stereocenters. The first-order valence-corrected chi connectivity index (χ1v) is 9.94. The molecule has 2 aromatic rings. The lowest BCUT2D eigenvalue weighted by Gasteiger charge is -2.32. The van der Waals surface area contributed by atoms with Crippen molar-refractivity contribution >= 4 is 18.5 Å². The van der Waals surface area contributed by atoms with Crippen LogP contribution in [0.5, 0.6) is 5.75 Å². The van der Waals surface area contributed by atoms with Gasteiger partial charge in [-0.1, -0.05) is 18.2 Å². The Bertz CT molecular complexity index is 1060. The number of hydrogen-bond donors (Lipinski definition) is 1. The van der Waals surface area contributed by atoms with Crippen LogP contribution < -0.4 is 15.5 Å². The molecule has 10 heteroatoms. The molecule has 0 radical (unpaired) electrons. The fourth-order valence-corrected chi connectivity index (χ4v) is 3.31. The summed E-state index contributed by atoms with van der Waals surface area (Å²) in [6.07, 6.45) is 0. The van der Waals surface area contributed by atoms with Crippen molar-refractivity contribution in [3.05, 3.63) is 58.2 Å². The number of ether oxygens (including phenoxy) is 1. The highest BCUT2D eigenvalue weighted by atomic mass is 19.2. The molecule has 0 aromatic heterocycles. The lowest BCUT2D eigenvalue weighted by atomic mass is 9.78. The highest BCUT2D eigenvalue weighted by molar-refractivity contribution is 6.62. The third kappa shape index (κ3) is 4.09. The van der Waals surface area contributed by atoms with Gasteiger partial charge in [-0.3, -0.25) is 4.79 Å². The molecule has 0 spiro atoms. The molecule has 32 heavy (non-hydrogen) atoms. The Morgan fingerprint density at radius 3 is 2.09 bits per heavy atom. The summed E-state index contributed by atoms with van der Waals surface area (Å²) in [5.41, 5.74) is 0.187. The van der Waals surface area contributed by atoms with Gasteiger partial charge in [-0.05, 0) is 51.2 Å². The van der Waals surface area contributed by atoms with E-state index in [2.05, 4.69) is 10.1 Å². The number of aryl methyl sites for hydroxylation is 1. The molecule has 1 saturated heterocycles. The van der Waals surface area contributed by atoms with Crippen molar-refractivity contribution in [3.63, 3.8) is 0 Å². The highest BCUT2D eigenvalue weighted by Crippen LogP contribution is 2.36. The minimum atomic E-state index is -2.09. The number of amides is 1. The first kappa shape index (κ1) is 24.1. The van der Waals surface area contributed by atoms with Crippen LogP contribution in [-0.2, 0) is 15.9 Å². The molecule has 0 unspecified atom stereocenters. The third-order valence-corrected chi connectivity index (χ3v) is 5.99. The molecule has 1 fully saturated rings. The lowest BCUT2D eigenvalue weighted by molar-refractivity contribution is 0.00578. The van der Waals surface area contributed by atoms with E-state index in [0.717, 1.165) is 18.1 Å². The second-order valence-corrected chi connectivity index (χ2v) is 8.62. The summed E-state index contributed by atoms with van der Waals surface area (Å²) in [6, 6.07) is 5.34. The number of benzene rings is 2. The normalized spacial score (nSPS) is 16.9. The molecule has 1 aliphatic rings. The van der Waals surface area contributed by atoms with E-state index in [-0.39, 0.29) is 6.54 Å². The van der Waals surface area contributed by atoms with E-state index in [1.807, 2.05) is 33.8 Å². The summed E-state index contributed by atoms with van der Waals surface area (Å²) >= 11 is 0. The van der Waals surface area contributed by atoms with Gasteiger partial charge in [0.25, 0.3) is 5.91 Å². The molecule has 0 saturated carbocycles. The molecule has 1 aliphatic heterocycles. The van der Waals surface area contributed by atoms with Crippen molar-refractivity contribution in [2.24, 2.45) is 0 Å². The highest BCUT2D eigenvalue weighted by Gasteiger charge is 2.51. The number of hydrogen-bond acceptors (Lipinski definition) is 4. The number of carbonyl (C=O) groups excluding carboxylic acids is 1. The first-order valence-electron chi connectivity index (χ1n) is 9.94. The average molecular weight is 453 g/mol. The minimum absolute atomic E-state index is 0.0719. The Kier molecular flexibility index (Phi) is 6.32. The van der Waals surface area contributed by atoms with Crippen LogP contribution in [0.1, 0.15) is 49.2 Å². The maximum atomic E-state index is 14.1. The van der Waals surface area contributed by atoms with Crippen LogP contribution in [0.15, 0.2) is 18.2 Å². The molecular weight excluding hydrogens is 429 g/mol. The van der Waals surface area contributed by atoms with E-state index in [0.29, 0.717) is 5.56 Å². The number of halogens is 4. The van der Waals surface area contributed by atoms with Crippen LogP contribution in [0.25, 0.3) is 0 Å². The van der Waals surface area contributed by atoms with Crippen LogP contribution in [-0.4, -0.2) is 31.3 Å². The summed E-state index contributed by atoms with van der Waals surface area (Å²) in [6.45, 7) is 9.50. The van der Waals surface area contributed by atoms with Crippen molar-refractivity contribution in [2.45, 2.75) is 52.4 Å². The molecule has 2 aromatic carbocycles. The zero-order valence-corrected chi connectivity index (χ0v) is 18.7. The van der Waals surface area contributed by atoms with Crippen LogP contribution in [0.4, 0.5) is 17.6 Å². The fourth-order valence-electron chi connectivity index (χ4n) is 3.31. The summed E-state index contributed by atoms with van der Waals surface area (Å²) in [5.74, 6) is -9.90. The Labute approximate surface area is 184 Å². The standard InChI is InChI=1S/C22H24BF4NO4/c1-11-9-13(23-31-21(2,3)22(4,5)32-23)8-7-12(11)10-28-20(29)14-15(24)16(25)17(26)18(27)19(14)30-6/h7-9H,10H2,1-6H3,(H,28,29). The van der Waals surface area contributed by atoms with Gasteiger partial charge >= 0.3 is 7.12 Å². The van der Waals surface area contributed by atoms with Gasteiger partial charge in [0, 0.05) is 6.54 Å². The predicted octanol–water partition coefficient (Wildman–Crippen LogP) is 3.79. The second-order valence-electron chi connectivity index (χ2n) is 8.62. The minimum Gasteiger partial charge on any atom is -0.493 e. The zero-order chi connectivity index (χ0) is 24.0. The lowest BCUT2D eigenvalue weighted by Crippen LogP contribution is -2.41. The van der Waals surface area contributed by atoms with Crippen LogP contribution in [0, 0.1) is 30.2 Å². The quantitative estimate of drug-likeness (QED) is 0.324. The van der Waals surface area contributed by atoms with E-state index in [9.17, 15) is 22.4 Å². The summed E-state index contributed by atoms with van der Waals surface area (Å²) in [7, 11) is 0.357. The van der Waals surface area contributed by atoms with Crippen molar-refractivity contribution in [1.29, 1.82) is 0 Å². The maximum absolute atomic E-state index is 14.1. The summed E-state index contributed by atoms with van der Waals surface area (Å²) in [4.78, 5) is 12.4. The average Bonchev–Trinajstić information content (AvgIpc) is 2.94. The molecule has 172 valence electrons. The predicted molar refractivity (Wildman–Crippen MR) is 111 cm³/mol. The molecule has 3 rings (SSSR count). The van der Waals surface area contributed by atoms with Crippen LogP contribution in [0.2, 0.25) is 0 Å². The SMILES string of the molecule is COc1c(F)c(F)c(F)c(F)c1C(=O)NCc1ccc(B2OC(C)(C)C(C)(C)O2)cc1C. The van der Waals surface area contributed by atoms with E-state index >= 15 is 0 Å². The monoisotopic (exact) mass is 453 g/mol. The van der Waals surface area contributed by atoms with Gasteiger partial charge in [-0.2, -0.15) is 4.39 Å².